The van der Waals surface area contributed by atoms with Crippen molar-refractivity contribution in [2.75, 3.05) is 6.61 Å². The van der Waals surface area contributed by atoms with Crippen molar-refractivity contribution in [2.24, 2.45) is 5.73 Å². The van der Waals surface area contributed by atoms with E-state index in [-0.39, 0.29) is 35.0 Å². The number of alkyl halides is 3. The van der Waals surface area contributed by atoms with E-state index >= 15 is 0 Å². The maximum absolute atomic E-state index is 12.5. The molecule has 154 valence electrons. The smallest absolute Gasteiger partial charge is 0.463 e. The number of benzene rings is 1. The molecule has 1 aliphatic heterocycles. The van der Waals surface area contributed by atoms with Gasteiger partial charge in [-0.2, -0.15) is 5.26 Å². The van der Waals surface area contributed by atoms with Crippen LogP contribution < -0.4 is 10.5 Å². The van der Waals surface area contributed by atoms with Gasteiger partial charge in [0.25, 0.3) is 0 Å². The Morgan fingerprint density at radius 2 is 2.10 bits per heavy atom. The lowest BCUT2D eigenvalue weighted by Crippen LogP contribution is -2.25. The van der Waals surface area contributed by atoms with Crippen LogP contribution in [0.5, 0.6) is 5.75 Å². The second kappa shape index (κ2) is 8.09. The molecular formula is C17H14F3N3O6. The zero-order valence-corrected chi connectivity index (χ0v) is 15.1. The molecule has 0 aromatic heterocycles. The topological polar surface area (TPSA) is 138 Å². The molecule has 2 rings (SSSR count). The van der Waals surface area contributed by atoms with E-state index < -0.39 is 34.6 Å². The van der Waals surface area contributed by atoms with Gasteiger partial charge < -0.3 is 19.9 Å². The van der Waals surface area contributed by atoms with E-state index in [4.69, 9.17) is 15.2 Å². The number of nitriles is 1. The summed E-state index contributed by atoms with van der Waals surface area (Å²) >= 11 is 0. The number of nitrogens with zero attached hydrogens (tertiary/aromatic N) is 2. The number of hydrogen-bond acceptors (Lipinski definition) is 8. The number of allylic oxidation sites excluding steroid dienone is 2. The first-order valence-corrected chi connectivity index (χ1v) is 7.99. The summed E-state index contributed by atoms with van der Waals surface area (Å²) in [4.78, 5) is 22.6. The maximum atomic E-state index is 12.5. The van der Waals surface area contributed by atoms with Gasteiger partial charge in [0.2, 0.25) is 11.6 Å². The highest BCUT2D eigenvalue weighted by atomic mass is 19.4. The lowest BCUT2D eigenvalue weighted by Gasteiger charge is -2.26. The number of esters is 1. The van der Waals surface area contributed by atoms with Gasteiger partial charge in [-0.1, -0.05) is 6.07 Å². The van der Waals surface area contributed by atoms with Crippen LogP contribution >= 0.6 is 0 Å². The fourth-order valence-electron chi connectivity index (χ4n) is 2.76. The van der Waals surface area contributed by atoms with Crippen molar-refractivity contribution in [3.8, 4) is 11.8 Å². The maximum Gasteiger partial charge on any atom is 0.573 e. The summed E-state index contributed by atoms with van der Waals surface area (Å²) in [5.41, 5.74) is 4.23. The predicted molar refractivity (Wildman–Crippen MR) is 89.8 cm³/mol. The molecule has 0 bridgehead atoms. The van der Waals surface area contributed by atoms with Gasteiger partial charge in [0.1, 0.15) is 17.4 Å². The van der Waals surface area contributed by atoms with Crippen LogP contribution in [0.15, 0.2) is 41.0 Å². The van der Waals surface area contributed by atoms with Crippen LogP contribution in [0.1, 0.15) is 25.3 Å². The average molecular weight is 413 g/mol. The second-order valence-corrected chi connectivity index (χ2v) is 5.65. The first kappa shape index (κ1) is 21.5. The third kappa shape index (κ3) is 4.57. The van der Waals surface area contributed by atoms with E-state index in [1.54, 1.807) is 6.07 Å². The third-order valence-electron chi connectivity index (χ3n) is 3.84. The molecule has 1 aliphatic rings. The summed E-state index contributed by atoms with van der Waals surface area (Å²) in [5.74, 6) is -3.52. The Hall–Kier alpha value is -3.75. The number of rotatable bonds is 5. The Kier molecular flexibility index (Phi) is 6.01. The van der Waals surface area contributed by atoms with Crippen LogP contribution in [-0.2, 0) is 14.3 Å². The molecule has 1 aromatic rings. The quantitative estimate of drug-likeness (QED) is 0.441. The van der Waals surface area contributed by atoms with Gasteiger partial charge in [-0.15, -0.1) is 13.2 Å². The Balaban J connectivity index is 2.68. The minimum absolute atomic E-state index is 0.0109. The molecule has 2 N–H and O–H groups in total. The number of nitrogens with two attached hydrogens (primary N) is 1. The molecule has 1 aromatic carbocycles. The molecule has 0 radical (unpaired) electrons. The van der Waals surface area contributed by atoms with Crippen molar-refractivity contribution >= 4 is 11.7 Å². The van der Waals surface area contributed by atoms with E-state index in [9.17, 15) is 33.3 Å². The minimum Gasteiger partial charge on any atom is -0.463 e. The van der Waals surface area contributed by atoms with E-state index in [2.05, 4.69) is 4.74 Å². The van der Waals surface area contributed by atoms with Gasteiger partial charge in [0.05, 0.1) is 23.0 Å². The molecule has 12 heteroatoms. The summed E-state index contributed by atoms with van der Waals surface area (Å²) in [6.07, 6.45) is -5.15. The molecule has 1 unspecified atom stereocenters. The Morgan fingerprint density at radius 3 is 2.62 bits per heavy atom. The van der Waals surface area contributed by atoms with E-state index in [0.29, 0.717) is 0 Å². The van der Waals surface area contributed by atoms with Crippen molar-refractivity contribution in [2.45, 2.75) is 26.1 Å². The standard InChI is InChI=1S/C17H14F3N3O6/c1-3-27-16(24)13-8(2)28-15(22)10(7-21)14(13)9-4-5-12(29-17(18,19)20)11(6-9)23(25)26/h4-6,14H,3,22H2,1-2H3. The molecule has 0 aliphatic carbocycles. The fourth-order valence-corrected chi connectivity index (χ4v) is 2.76. The van der Waals surface area contributed by atoms with E-state index in [1.165, 1.54) is 13.8 Å². The van der Waals surface area contributed by atoms with Gasteiger partial charge >= 0.3 is 18.0 Å². The van der Waals surface area contributed by atoms with Crippen LogP contribution in [0, 0.1) is 21.4 Å². The van der Waals surface area contributed by atoms with Crippen LogP contribution in [0.2, 0.25) is 0 Å². The molecule has 0 saturated heterocycles. The number of carbonyl (C=O) groups is 1. The van der Waals surface area contributed by atoms with E-state index in [1.807, 2.05) is 0 Å². The molecule has 0 spiro atoms. The fraction of sp³-hybridized carbons (Fsp3) is 0.294. The predicted octanol–water partition coefficient (Wildman–Crippen LogP) is 3.14. The molecule has 29 heavy (non-hydrogen) atoms. The molecule has 1 heterocycles. The normalized spacial score (nSPS) is 16.8. The highest BCUT2D eigenvalue weighted by molar-refractivity contribution is 5.92. The van der Waals surface area contributed by atoms with Gasteiger partial charge in [0.15, 0.2) is 0 Å². The summed E-state index contributed by atoms with van der Waals surface area (Å²) in [7, 11) is 0. The van der Waals surface area contributed by atoms with E-state index in [0.717, 1.165) is 18.2 Å². The van der Waals surface area contributed by atoms with Crippen LogP contribution in [0.4, 0.5) is 18.9 Å². The second-order valence-electron chi connectivity index (χ2n) is 5.65. The highest BCUT2D eigenvalue weighted by Gasteiger charge is 2.39. The number of nitro benzene ring substituents is 1. The number of hydrogen-bond donors (Lipinski definition) is 1. The van der Waals surface area contributed by atoms with Crippen LogP contribution in [0.3, 0.4) is 0 Å². The highest BCUT2D eigenvalue weighted by Crippen LogP contribution is 2.42. The molecule has 0 amide bonds. The molecule has 1 atom stereocenters. The van der Waals surface area contributed by atoms with Crippen LogP contribution in [0.25, 0.3) is 0 Å². The summed E-state index contributed by atoms with van der Waals surface area (Å²) in [6, 6.07) is 4.31. The van der Waals surface area contributed by atoms with Crippen molar-refractivity contribution in [3.05, 3.63) is 56.7 Å². The zero-order chi connectivity index (χ0) is 21.9. The Labute approximate surface area is 161 Å². The third-order valence-corrected chi connectivity index (χ3v) is 3.84. The number of nitro groups is 1. The number of ether oxygens (including phenoxy) is 3. The lowest BCUT2D eigenvalue weighted by molar-refractivity contribution is -0.388. The SMILES string of the molecule is CCOC(=O)C1=C(C)OC(N)=C(C#N)C1c1ccc(OC(F)(F)F)c([N+](=O)[O-])c1. The minimum atomic E-state index is -5.15. The van der Waals surface area contributed by atoms with Gasteiger partial charge in [0, 0.05) is 6.07 Å². The van der Waals surface area contributed by atoms with Crippen molar-refractivity contribution in [1.29, 1.82) is 5.26 Å². The van der Waals surface area contributed by atoms with Crippen molar-refractivity contribution in [3.63, 3.8) is 0 Å². The number of carbonyl (C=O) groups excluding carboxylic acids is 1. The largest absolute Gasteiger partial charge is 0.573 e. The van der Waals surface area contributed by atoms with Gasteiger partial charge in [-0.25, -0.2) is 4.79 Å². The Morgan fingerprint density at radius 1 is 1.45 bits per heavy atom. The van der Waals surface area contributed by atoms with Crippen molar-refractivity contribution < 1.29 is 37.1 Å². The monoisotopic (exact) mass is 413 g/mol. The molecular weight excluding hydrogens is 399 g/mol. The molecule has 0 fully saturated rings. The molecule has 9 nitrogen and oxygen atoms in total. The summed E-state index contributed by atoms with van der Waals surface area (Å²) in [6.45, 7) is 2.90. The summed E-state index contributed by atoms with van der Waals surface area (Å²) < 4.78 is 51.4. The average Bonchev–Trinajstić information content (AvgIpc) is 2.60. The zero-order valence-electron chi connectivity index (χ0n) is 15.1. The van der Waals surface area contributed by atoms with Crippen LogP contribution in [-0.4, -0.2) is 23.9 Å². The van der Waals surface area contributed by atoms with Gasteiger partial charge in [-0.3, -0.25) is 10.1 Å². The van der Waals surface area contributed by atoms with Crippen molar-refractivity contribution in [1.82, 2.24) is 0 Å². The lowest BCUT2D eigenvalue weighted by atomic mass is 9.83. The first-order chi connectivity index (χ1) is 13.5. The number of halogens is 3. The van der Waals surface area contributed by atoms with Gasteiger partial charge in [-0.05, 0) is 25.5 Å². The molecule has 0 saturated carbocycles. The summed E-state index contributed by atoms with van der Waals surface area (Å²) in [5, 5.41) is 20.7. The Bertz CT molecular complexity index is 962. The first-order valence-electron chi connectivity index (χ1n) is 7.99.